The largest absolute Gasteiger partial charge is 0.360 e. The second-order valence-corrected chi connectivity index (χ2v) is 7.05. The van der Waals surface area contributed by atoms with Gasteiger partial charge in [-0.05, 0) is 41.4 Å². The summed E-state index contributed by atoms with van der Waals surface area (Å²) in [5.41, 5.74) is 2.19. The number of nitrogens with zero attached hydrogens (tertiary/aromatic N) is 2. The van der Waals surface area contributed by atoms with E-state index in [0.717, 1.165) is 12.2 Å². The first-order valence-corrected chi connectivity index (χ1v) is 9.25. The first-order chi connectivity index (χ1) is 12.3. The summed E-state index contributed by atoms with van der Waals surface area (Å²) in [5, 5.41) is 14.3. The van der Waals surface area contributed by atoms with E-state index < -0.39 is 0 Å². The highest BCUT2D eigenvalue weighted by Gasteiger charge is 2.15. The summed E-state index contributed by atoms with van der Waals surface area (Å²) in [6.07, 6.45) is 8.84. The van der Waals surface area contributed by atoms with E-state index in [1.807, 2.05) is 17.1 Å². The van der Waals surface area contributed by atoms with E-state index in [4.69, 9.17) is 12.2 Å². The number of aromatic nitrogens is 2. The quantitative estimate of drug-likeness (QED) is 0.688. The Hall–Kier alpha value is -2.40. The SMILES string of the molecule is S=C(Nc1cnn(Cc2cccc3ccccc23)c1)NC1CCCC1. The molecule has 0 amide bonds. The lowest BCUT2D eigenvalue weighted by Gasteiger charge is -2.14. The lowest BCUT2D eigenvalue weighted by molar-refractivity contribution is 0.634. The minimum Gasteiger partial charge on any atom is -0.360 e. The van der Waals surface area contributed by atoms with Crippen LogP contribution in [0.4, 0.5) is 5.69 Å². The van der Waals surface area contributed by atoms with Crippen LogP contribution in [0.3, 0.4) is 0 Å². The van der Waals surface area contributed by atoms with Crippen molar-refractivity contribution in [1.82, 2.24) is 15.1 Å². The van der Waals surface area contributed by atoms with Crippen LogP contribution in [0, 0.1) is 0 Å². The van der Waals surface area contributed by atoms with E-state index in [-0.39, 0.29) is 0 Å². The Morgan fingerprint density at radius 1 is 1.12 bits per heavy atom. The van der Waals surface area contributed by atoms with E-state index in [1.165, 1.54) is 42.0 Å². The molecule has 3 aromatic rings. The van der Waals surface area contributed by atoms with Gasteiger partial charge >= 0.3 is 0 Å². The zero-order valence-corrected chi connectivity index (χ0v) is 14.9. The van der Waals surface area contributed by atoms with Gasteiger partial charge in [-0.3, -0.25) is 4.68 Å². The van der Waals surface area contributed by atoms with Crippen molar-refractivity contribution in [1.29, 1.82) is 0 Å². The summed E-state index contributed by atoms with van der Waals surface area (Å²) in [4.78, 5) is 0. The molecule has 2 N–H and O–H groups in total. The first-order valence-electron chi connectivity index (χ1n) is 8.84. The fourth-order valence-electron chi connectivity index (χ4n) is 3.54. The van der Waals surface area contributed by atoms with Crippen LogP contribution in [0.1, 0.15) is 31.2 Å². The molecular formula is C20H22N4S. The van der Waals surface area contributed by atoms with E-state index in [1.54, 1.807) is 0 Å². The topological polar surface area (TPSA) is 41.9 Å². The van der Waals surface area contributed by atoms with Crippen LogP contribution in [-0.4, -0.2) is 20.9 Å². The molecule has 0 radical (unpaired) electrons. The lowest BCUT2D eigenvalue weighted by Crippen LogP contribution is -2.35. The van der Waals surface area contributed by atoms with Gasteiger partial charge in [-0.25, -0.2) is 0 Å². The maximum absolute atomic E-state index is 5.42. The molecule has 0 saturated heterocycles. The van der Waals surface area contributed by atoms with Crippen LogP contribution in [0.5, 0.6) is 0 Å². The molecule has 0 atom stereocenters. The summed E-state index contributed by atoms with van der Waals surface area (Å²) in [7, 11) is 0. The standard InChI is InChI=1S/C20H22N4S/c25-20(22-17-9-2-3-10-17)23-18-12-21-24(14-18)13-16-8-5-7-15-6-1-4-11-19(15)16/h1,4-8,11-12,14,17H,2-3,9-10,13H2,(H2,22,23,25). The molecule has 0 bridgehead atoms. The predicted molar refractivity (Wildman–Crippen MR) is 107 cm³/mol. The molecule has 0 aliphatic heterocycles. The highest BCUT2D eigenvalue weighted by atomic mass is 32.1. The number of fused-ring (bicyclic) bond motifs is 1. The number of rotatable bonds is 4. The van der Waals surface area contributed by atoms with Gasteiger partial charge in [-0.1, -0.05) is 55.3 Å². The van der Waals surface area contributed by atoms with Gasteiger partial charge in [0.2, 0.25) is 0 Å². The molecule has 1 heterocycles. The highest BCUT2D eigenvalue weighted by molar-refractivity contribution is 7.80. The molecule has 1 aromatic heterocycles. The Morgan fingerprint density at radius 3 is 2.80 bits per heavy atom. The Morgan fingerprint density at radius 2 is 1.92 bits per heavy atom. The Labute approximate surface area is 153 Å². The maximum atomic E-state index is 5.42. The van der Waals surface area contributed by atoms with Crippen LogP contribution in [-0.2, 0) is 6.54 Å². The van der Waals surface area contributed by atoms with Gasteiger partial charge in [0.15, 0.2) is 5.11 Å². The first kappa shape index (κ1) is 16.1. The average Bonchev–Trinajstić information content (AvgIpc) is 3.27. The summed E-state index contributed by atoms with van der Waals surface area (Å²) in [6.45, 7) is 0.742. The van der Waals surface area contributed by atoms with Crippen LogP contribution >= 0.6 is 12.2 Å². The maximum Gasteiger partial charge on any atom is 0.171 e. The molecule has 4 rings (SSSR count). The van der Waals surface area contributed by atoms with E-state index in [2.05, 4.69) is 58.2 Å². The Balaban J connectivity index is 1.43. The van der Waals surface area contributed by atoms with Crippen molar-refractivity contribution in [2.45, 2.75) is 38.3 Å². The number of nitrogens with one attached hydrogen (secondary N) is 2. The van der Waals surface area contributed by atoms with Gasteiger partial charge in [0.05, 0.1) is 18.4 Å². The fourth-order valence-corrected chi connectivity index (χ4v) is 3.83. The van der Waals surface area contributed by atoms with Crippen molar-refractivity contribution < 1.29 is 0 Å². The molecule has 1 saturated carbocycles. The number of hydrogen-bond donors (Lipinski definition) is 2. The molecule has 128 valence electrons. The van der Waals surface area contributed by atoms with Crippen LogP contribution in [0.2, 0.25) is 0 Å². The van der Waals surface area contributed by atoms with Gasteiger partial charge in [-0.2, -0.15) is 5.10 Å². The van der Waals surface area contributed by atoms with Gasteiger partial charge in [0, 0.05) is 12.2 Å². The molecule has 0 unspecified atom stereocenters. The third kappa shape index (κ3) is 3.82. The van der Waals surface area contributed by atoms with Gasteiger partial charge in [-0.15, -0.1) is 0 Å². The smallest absolute Gasteiger partial charge is 0.171 e. The number of benzene rings is 2. The summed E-state index contributed by atoms with van der Waals surface area (Å²) >= 11 is 5.42. The predicted octanol–water partition coefficient (Wildman–Crippen LogP) is 4.31. The second kappa shape index (κ2) is 7.23. The molecule has 25 heavy (non-hydrogen) atoms. The van der Waals surface area contributed by atoms with Crippen LogP contribution in [0.15, 0.2) is 54.9 Å². The third-order valence-corrected chi connectivity index (χ3v) is 5.01. The van der Waals surface area contributed by atoms with E-state index >= 15 is 0 Å². The summed E-state index contributed by atoms with van der Waals surface area (Å²) in [5.74, 6) is 0. The third-order valence-electron chi connectivity index (χ3n) is 4.79. The van der Waals surface area contributed by atoms with Crippen molar-refractivity contribution in [2.75, 3.05) is 5.32 Å². The Kier molecular flexibility index (Phi) is 4.65. The second-order valence-electron chi connectivity index (χ2n) is 6.64. The van der Waals surface area contributed by atoms with Crippen molar-refractivity contribution in [3.63, 3.8) is 0 Å². The zero-order valence-electron chi connectivity index (χ0n) is 14.1. The monoisotopic (exact) mass is 350 g/mol. The Bertz CT molecular complexity index is 875. The number of thiocarbonyl (C=S) groups is 1. The van der Waals surface area contributed by atoms with Crippen LogP contribution in [0.25, 0.3) is 10.8 Å². The average molecular weight is 350 g/mol. The minimum atomic E-state index is 0.519. The molecule has 1 aliphatic carbocycles. The fraction of sp³-hybridized carbons (Fsp3) is 0.300. The van der Waals surface area contributed by atoms with Gasteiger partial charge in [0.1, 0.15) is 0 Å². The van der Waals surface area contributed by atoms with Crippen molar-refractivity contribution in [2.24, 2.45) is 0 Å². The zero-order chi connectivity index (χ0) is 17.1. The molecule has 4 nitrogen and oxygen atoms in total. The summed E-state index contributed by atoms with van der Waals surface area (Å²) < 4.78 is 1.95. The van der Waals surface area contributed by atoms with Crippen molar-refractivity contribution in [3.8, 4) is 0 Å². The van der Waals surface area contributed by atoms with E-state index in [9.17, 15) is 0 Å². The highest BCUT2D eigenvalue weighted by Crippen LogP contribution is 2.20. The van der Waals surface area contributed by atoms with Crippen molar-refractivity contribution >= 4 is 33.8 Å². The van der Waals surface area contributed by atoms with Crippen LogP contribution < -0.4 is 10.6 Å². The van der Waals surface area contributed by atoms with Gasteiger partial charge < -0.3 is 10.6 Å². The molecule has 2 aromatic carbocycles. The molecular weight excluding hydrogens is 328 g/mol. The lowest BCUT2D eigenvalue weighted by atomic mass is 10.0. The number of anilines is 1. The molecule has 0 spiro atoms. The minimum absolute atomic E-state index is 0.519. The molecule has 1 aliphatic rings. The molecule has 1 fully saturated rings. The number of hydrogen-bond acceptors (Lipinski definition) is 2. The van der Waals surface area contributed by atoms with E-state index in [0.29, 0.717) is 11.2 Å². The van der Waals surface area contributed by atoms with Gasteiger partial charge in [0.25, 0.3) is 0 Å². The molecule has 5 heteroatoms. The summed E-state index contributed by atoms with van der Waals surface area (Å²) in [6, 6.07) is 15.4. The van der Waals surface area contributed by atoms with Crippen molar-refractivity contribution in [3.05, 3.63) is 60.4 Å². The normalized spacial score (nSPS) is 14.7.